The quantitative estimate of drug-likeness (QED) is 0.869. The molecule has 2 aromatic rings. The molecule has 0 radical (unpaired) electrons. The zero-order valence-electron chi connectivity index (χ0n) is 12.0. The average molecular weight is 263 g/mol. The van der Waals surface area contributed by atoms with Gasteiger partial charge in [-0.1, -0.05) is 13.8 Å². The number of hydrogen-bond donors (Lipinski definition) is 1. The van der Waals surface area contributed by atoms with E-state index in [1.165, 1.54) is 0 Å². The summed E-state index contributed by atoms with van der Waals surface area (Å²) in [5, 5.41) is 0. The maximum Gasteiger partial charge on any atom is 0.163 e. The Bertz CT molecular complexity index is 506. The van der Waals surface area contributed by atoms with Crippen LogP contribution in [0.25, 0.3) is 11.0 Å². The van der Waals surface area contributed by atoms with Crippen LogP contribution in [0.2, 0.25) is 0 Å². The molecule has 0 unspecified atom stereocenters. The van der Waals surface area contributed by atoms with Crippen LogP contribution < -0.4 is 9.47 Å². The zero-order valence-corrected chi connectivity index (χ0v) is 12.0. The Balaban J connectivity index is 2.34. The smallest absolute Gasteiger partial charge is 0.163 e. The summed E-state index contributed by atoms with van der Waals surface area (Å²) in [7, 11) is 3.27. The average Bonchev–Trinajstić information content (AvgIpc) is 2.84. The molecular formula is C14H21N3O2. The number of nitrogens with zero attached hydrogens (tertiary/aromatic N) is 2. The number of methoxy groups -OCH3 is 2. The van der Waals surface area contributed by atoms with Crippen molar-refractivity contribution >= 4 is 11.0 Å². The first-order valence-electron chi connectivity index (χ1n) is 6.54. The van der Waals surface area contributed by atoms with Crippen LogP contribution in [0, 0.1) is 0 Å². The number of benzene rings is 1. The molecule has 0 atom stereocenters. The van der Waals surface area contributed by atoms with Crippen molar-refractivity contribution in [1.82, 2.24) is 14.9 Å². The Morgan fingerprint density at radius 3 is 2.32 bits per heavy atom. The number of hydrogen-bond acceptors (Lipinski definition) is 4. The van der Waals surface area contributed by atoms with Crippen molar-refractivity contribution in [2.45, 2.75) is 20.4 Å². The fourth-order valence-corrected chi connectivity index (χ4v) is 2.12. The van der Waals surface area contributed by atoms with Gasteiger partial charge in [0.05, 0.1) is 31.8 Å². The van der Waals surface area contributed by atoms with Gasteiger partial charge >= 0.3 is 0 Å². The van der Waals surface area contributed by atoms with E-state index in [1.54, 1.807) is 14.2 Å². The fraction of sp³-hybridized carbons (Fsp3) is 0.500. The second-order valence-electron chi connectivity index (χ2n) is 4.37. The predicted molar refractivity (Wildman–Crippen MR) is 75.8 cm³/mol. The van der Waals surface area contributed by atoms with Gasteiger partial charge in [-0.2, -0.15) is 0 Å². The van der Waals surface area contributed by atoms with Gasteiger partial charge in [0, 0.05) is 12.1 Å². The summed E-state index contributed by atoms with van der Waals surface area (Å²) in [5.74, 6) is 2.39. The predicted octanol–water partition coefficient (Wildman–Crippen LogP) is 2.42. The van der Waals surface area contributed by atoms with Crippen LogP contribution in [0.3, 0.4) is 0 Å². The lowest BCUT2D eigenvalue weighted by molar-refractivity contribution is 0.289. The maximum atomic E-state index is 5.29. The molecular weight excluding hydrogens is 242 g/mol. The van der Waals surface area contributed by atoms with E-state index in [2.05, 4.69) is 28.7 Å². The van der Waals surface area contributed by atoms with Gasteiger partial charge in [0.15, 0.2) is 11.5 Å². The van der Waals surface area contributed by atoms with Crippen molar-refractivity contribution in [2.75, 3.05) is 27.3 Å². The first-order valence-corrected chi connectivity index (χ1v) is 6.54. The van der Waals surface area contributed by atoms with Gasteiger partial charge < -0.3 is 14.5 Å². The summed E-state index contributed by atoms with van der Waals surface area (Å²) < 4.78 is 10.6. The monoisotopic (exact) mass is 263 g/mol. The number of nitrogens with one attached hydrogen (secondary N) is 1. The number of aromatic amines is 1. The third kappa shape index (κ3) is 2.81. The summed E-state index contributed by atoms with van der Waals surface area (Å²) in [4.78, 5) is 10.2. The normalized spacial score (nSPS) is 11.2. The Hall–Kier alpha value is -1.75. The molecule has 1 heterocycles. The molecule has 0 aliphatic heterocycles. The van der Waals surface area contributed by atoms with Crippen molar-refractivity contribution in [3.63, 3.8) is 0 Å². The Labute approximate surface area is 113 Å². The molecule has 5 nitrogen and oxygen atoms in total. The topological polar surface area (TPSA) is 50.4 Å². The molecule has 19 heavy (non-hydrogen) atoms. The summed E-state index contributed by atoms with van der Waals surface area (Å²) in [5.41, 5.74) is 1.87. The number of ether oxygens (including phenoxy) is 2. The number of aromatic nitrogens is 2. The van der Waals surface area contributed by atoms with E-state index in [1.807, 2.05) is 12.1 Å². The summed E-state index contributed by atoms with van der Waals surface area (Å²) >= 11 is 0. The lowest BCUT2D eigenvalue weighted by Crippen LogP contribution is -2.22. The van der Waals surface area contributed by atoms with E-state index >= 15 is 0 Å². The second kappa shape index (κ2) is 5.93. The molecule has 0 aliphatic rings. The molecule has 0 spiro atoms. The van der Waals surface area contributed by atoms with E-state index in [-0.39, 0.29) is 0 Å². The van der Waals surface area contributed by atoms with Gasteiger partial charge in [0.1, 0.15) is 5.82 Å². The molecule has 1 N–H and O–H groups in total. The van der Waals surface area contributed by atoms with Crippen molar-refractivity contribution in [3.8, 4) is 11.5 Å². The van der Waals surface area contributed by atoms with Crippen LogP contribution in [0.4, 0.5) is 0 Å². The SMILES string of the molecule is CCN(CC)Cc1nc2cc(OC)c(OC)cc2[nH]1. The molecule has 104 valence electrons. The maximum absolute atomic E-state index is 5.29. The lowest BCUT2D eigenvalue weighted by atomic mass is 10.3. The highest BCUT2D eigenvalue weighted by molar-refractivity contribution is 5.79. The molecule has 0 amide bonds. The summed E-state index contributed by atoms with van der Waals surface area (Å²) in [6.07, 6.45) is 0. The van der Waals surface area contributed by atoms with E-state index in [0.29, 0.717) is 11.5 Å². The van der Waals surface area contributed by atoms with E-state index < -0.39 is 0 Å². The van der Waals surface area contributed by atoms with Gasteiger partial charge in [0.2, 0.25) is 0 Å². The van der Waals surface area contributed by atoms with Gasteiger partial charge in [-0.05, 0) is 13.1 Å². The van der Waals surface area contributed by atoms with Gasteiger partial charge in [0.25, 0.3) is 0 Å². The molecule has 1 aromatic carbocycles. The molecule has 0 saturated carbocycles. The number of fused-ring (bicyclic) bond motifs is 1. The van der Waals surface area contributed by atoms with Crippen molar-refractivity contribution in [2.24, 2.45) is 0 Å². The van der Waals surface area contributed by atoms with Crippen molar-refractivity contribution < 1.29 is 9.47 Å². The first-order chi connectivity index (χ1) is 9.21. The Morgan fingerprint density at radius 1 is 1.11 bits per heavy atom. The summed E-state index contributed by atoms with van der Waals surface area (Å²) in [6, 6.07) is 3.82. The molecule has 0 bridgehead atoms. The Morgan fingerprint density at radius 2 is 1.74 bits per heavy atom. The number of rotatable bonds is 6. The van der Waals surface area contributed by atoms with Crippen LogP contribution in [0.1, 0.15) is 19.7 Å². The highest BCUT2D eigenvalue weighted by atomic mass is 16.5. The van der Waals surface area contributed by atoms with E-state index in [0.717, 1.165) is 36.5 Å². The van der Waals surface area contributed by atoms with Gasteiger partial charge in [-0.15, -0.1) is 0 Å². The van der Waals surface area contributed by atoms with Crippen molar-refractivity contribution in [3.05, 3.63) is 18.0 Å². The van der Waals surface area contributed by atoms with Crippen LogP contribution in [-0.2, 0) is 6.54 Å². The van der Waals surface area contributed by atoms with E-state index in [4.69, 9.17) is 9.47 Å². The molecule has 5 heteroatoms. The van der Waals surface area contributed by atoms with Gasteiger partial charge in [-0.3, -0.25) is 4.90 Å². The third-order valence-corrected chi connectivity index (χ3v) is 3.30. The largest absolute Gasteiger partial charge is 0.493 e. The lowest BCUT2D eigenvalue weighted by Gasteiger charge is -2.15. The zero-order chi connectivity index (χ0) is 13.8. The van der Waals surface area contributed by atoms with Crippen molar-refractivity contribution in [1.29, 1.82) is 0 Å². The van der Waals surface area contributed by atoms with Crippen LogP contribution in [-0.4, -0.2) is 42.2 Å². The van der Waals surface area contributed by atoms with E-state index in [9.17, 15) is 0 Å². The fourth-order valence-electron chi connectivity index (χ4n) is 2.12. The minimum Gasteiger partial charge on any atom is -0.493 e. The second-order valence-corrected chi connectivity index (χ2v) is 4.37. The number of H-pyrrole nitrogens is 1. The molecule has 0 fully saturated rings. The first kappa shape index (κ1) is 13.7. The van der Waals surface area contributed by atoms with Gasteiger partial charge in [-0.25, -0.2) is 4.98 Å². The highest BCUT2D eigenvalue weighted by Crippen LogP contribution is 2.31. The third-order valence-electron chi connectivity index (χ3n) is 3.30. The minimum atomic E-state index is 0.705. The Kier molecular flexibility index (Phi) is 4.27. The molecule has 0 aliphatic carbocycles. The standard InChI is InChI=1S/C14H21N3O2/c1-5-17(6-2)9-14-15-10-7-12(18-3)13(19-4)8-11(10)16-14/h7-8H,5-6,9H2,1-4H3,(H,15,16). The summed E-state index contributed by atoms with van der Waals surface area (Å²) in [6.45, 7) is 7.16. The molecule has 0 saturated heterocycles. The molecule has 2 rings (SSSR count). The minimum absolute atomic E-state index is 0.705. The van der Waals surface area contributed by atoms with Crippen LogP contribution >= 0.6 is 0 Å². The molecule has 1 aromatic heterocycles. The van der Waals surface area contributed by atoms with Crippen LogP contribution in [0.5, 0.6) is 11.5 Å². The number of imidazole rings is 1. The van der Waals surface area contributed by atoms with Crippen LogP contribution in [0.15, 0.2) is 12.1 Å². The highest BCUT2D eigenvalue weighted by Gasteiger charge is 2.11.